The van der Waals surface area contributed by atoms with Crippen molar-refractivity contribution in [2.45, 2.75) is 76.9 Å². The zero-order valence-corrected chi connectivity index (χ0v) is 10.8. The summed E-state index contributed by atoms with van der Waals surface area (Å²) in [4.78, 5) is 2.47. The minimum Gasteiger partial charge on any atom is -0.280 e. The first-order valence-electron chi connectivity index (χ1n) is 5.98. The van der Waals surface area contributed by atoms with E-state index in [4.69, 9.17) is 11.6 Å². The zero-order valence-electron chi connectivity index (χ0n) is 10.0. The Kier molecular flexibility index (Phi) is 4.27. The summed E-state index contributed by atoms with van der Waals surface area (Å²) in [5.74, 6) is 0. The van der Waals surface area contributed by atoms with Gasteiger partial charge in [-0.1, -0.05) is 19.8 Å². The molecule has 14 heavy (non-hydrogen) atoms. The van der Waals surface area contributed by atoms with Gasteiger partial charge in [-0.05, 0) is 40.0 Å². The first-order chi connectivity index (χ1) is 6.51. The van der Waals surface area contributed by atoms with Gasteiger partial charge in [-0.15, -0.1) is 11.6 Å². The summed E-state index contributed by atoms with van der Waals surface area (Å²) >= 11 is 6.73. The number of halogens is 1. The van der Waals surface area contributed by atoms with E-state index in [1.165, 1.54) is 19.3 Å². The molecule has 0 aromatic heterocycles. The molecule has 1 nitrogen and oxygen atoms in total. The summed E-state index contributed by atoms with van der Waals surface area (Å²) < 4.78 is 0. The number of hydrogen-bond donors (Lipinski definition) is 0. The highest BCUT2D eigenvalue weighted by Gasteiger charge is 2.43. The van der Waals surface area contributed by atoms with Crippen LogP contribution in [0.3, 0.4) is 0 Å². The Balaban J connectivity index is 2.65. The number of hydrogen-bond acceptors (Lipinski definition) is 1. The van der Waals surface area contributed by atoms with Crippen LogP contribution in [0, 0.1) is 0 Å². The molecule has 0 aromatic rings. The average molecular weight is 218 g/mol. The Bertz CT molecular complexity index is 181. The number of nitrogens with zero attached hydrogens (tertiary/aromatic N) is 1. The first-order valence-corrected chi connectivity index (χ1v) is 6.36. The summed E-state index contributed by atoms with van der Waals surface area (Å²) in [6.07, 6.45) is 6.06. The van der Waals surface area contributed by atoms with E-state index >= 15 is 0 Å². The molecule has 0 bridgehead atoms. The van der Waals surface area contributed by atoms with E-state index in [9.17, 15) is 0 Å². The molecular formula is C12H24ClN. The van der Waals surface area contributed by atoms with Crippen LogP contribution >= 0.6 is 11.6 Å². The molecule has 1 aliphatic heterocycles. The normalized spacial score (nSPS) is 34.3. The monoisotopic (exact) mass is 217 g/mol. The second-order valence-electron chi connectivity index (χ2n) is 4.91. The molecular weight excluding hydrogens is 194 g/mol. The molecule has 0 spiro atoms. The van der Waals surface area contributed by atoms with Crippen LogP contribution in [0.5, 0.6) is 0 Å². The standard InChI is InChI=1S/C12H24ClN/c1-5-6-8-12(13)9-7-11(4)14(12)10(2)3/h10-11H,5-9H2,1-4H3. The van der Waals surface area contributed by atoms with Gasteiger partial charge in [0.25, 0.3) is 0 Å². The van der Waals surface area contributed by atoms with E-state index in [2.05, 4.69) is 32.6 Å². The third-order valence-corrected chi connectivity index (χ3v) is 3.93. The molecule has 0 radical (unpaired) electrons. The van der Waals surface area contributed by atoms with Gasteiger partial charge in [-0.2, -0.15) is 0 Å². The Morgan fingerprint density at radius 1 is 1.50 bits per heavy atom. The van der Waals surface area contributed by atoms with Crippen molar-refractivity contribution in [2.24, 2.45) is 0 Å². The fourth-order valence-electron chi connectivity index (χ4n) is 2.77. The van der Waals surface area contributed by atoms with E-state index in [0.29, 0.717) is 12.1 Å². The minimum atomic E-state index is -0.0381. The fourth-order valence-corrected chi connectivity index (χ4v) is 3.37. The molecule has 2 heteroatoms. The lowest BCUT2D eigenvalue weighted by atomic mass is 10.1. The lowest BCUT2D eigenvalue weighted by Crippen LogP contribution is -2.46. The molecule has 2 atom stereocenters. The third kappa shape index (κ3) is 2.43. The van der Waals surface area contributed by atoms with Crippen molar-refractivity contribution in [3.63, 3.8) is 0 Å². The number of rotatable bonds is 4. The Hall–Kier alpha value is 0.250. The van der Waals surface area contributed by atoms with Crippen LogP contribution < -0.4 is 0 Å². The maximum atomic E-state index is 6.73. The van der Waals surface area contributed by atoms with Gasteiger partial charge in [0, 0.05) is 12.1 Å². The molecule has 0 aliphatic carbocycles. The van der Waals surface area contributed by atoms with Crippen molar-refractivity contribution in [1.29, 1.82) is 0 Å². The van der Waals surface area contributed by atoms with Crippen LogP contribution in [0.1, 0.15) is 59.8 Å². The first kappa shape index (κ1) is 12.3. The number of unbranched alkanes of at least 4 members (excludes halogenated alkanes) is 1. The van der Waals surface area contributed by atoms with Crippen molar-refractivity contribution >= 4 is 11.6 Å². The molecule has 2 unspecified atom stereocenters. The summed E-state index contributed by atoms with van der Waals surface area (Å²) in [6.45, 7) is 9.05. The predicted octanol–water partition coefficient (Wildman–Crippen LogP) is 4.00. The van der Waals surface area contributed by atoms with Crippen LogP contribution in [-0.2, 0) is 0 Å². The second-order valence-corrected chi connectivity index (χ2v) is 5.61. The number of likely N-dealkylation sites (tertiary alicyclic amines) is 1. The van der Waals surface area contributed by atoms with Crippen LogP contribution in [0.15, 0.2) is 0 Å². The Morgan fingerprint density at radius 3 is 2.64 bits per heavy atom. The maximum absolute atomic E-state index is 6.73. The summed E-state index contributed by atoms with van der Waals surface area (Å²) in [7, 11) is 0. The molecule has 84 valence electrons. The van der Waals surface area contributed by atoms with Crippen LogP contribution in [0.4, 0.5) is 0 Å². The quantitative estimate of drug-likeness (QED) is 0.508. The van der Waals surface area contributed by atoms with Gasteiger partial charge in [0.15, 0.2) is 0 Å². The molecule has 0 N–H and O–H groups in total. The molecule has 1 fully saturated rings. The van der Waals surface area contributed by atoms with Crippen molar-refractivity contribution in [1.82, 2.24) is 4.90 Å². The van der Waals surface area contributed by atoms with Crippen molar-refractivity contribution in [3.05, 3.63) is 0 Å². The van der Waals surface area contributed by atoms with Gasteiger partial charge >= 0.3 is 0 Å². The van der Waals surface area contributed by atoms with Gasteiger partial charge in [-0.25, -0.2) is 0 Å². The topological polar surface area (TPSA) is 3.24 Å². The molecule has 0 saturated carbocycles. The van der Waals surface area contributed by atoms with E-state index in [1.807, 2.05) is 0 Å². The summed E-state index contributed by atoms with van der Waals surface area (Å²) in [5.41, 5.74) is 0. The minimum absolute atomic E-state index is 0.0381. The summed E-state index contributed by atoms with van der Waals surface area (Å²) in [6, 6.07) is 1.23. The van der Waals surface area contributed by atoms with Gasteiger partial charge in [-0.3, -0.25) is 4.90 Å². The van der Waals surface area contributed by atoms with Gasteiger partial charge in [0.1, 0.15) is 0 Å². The van der Waals surface area contributed by atoms with E-state index in [1.54, 1.807) is 0 Å². The van der Waals surface area contributed by atoms with E-state index < -0.39 is 0 Å². The van der Waals surface area contributed by atoms with Crippen molar-refractivity contribution in [3.8, 4) is 0 Å². The smallest absolute Gasteiger partial charge is 0.0965 e. The highest BCUT2D eigenvalue weighted by molar-refractivity contribution is 6.23. The highest BCUT2D eigenvalue weighted by atomic mass is 35.5. The Morgan fingerprint density at radius 2 is 2.14 bits per heavy atom. The van der Waals surface area contributed by atoms with Crippen LogP contribution in [0.2, 0.25) is 0 Å². The lowest BCUT2D eigenvalue weighted by Gasteiger charge is -2.38. The van der Waals surface area contributed by atoms with Crippen LogP contribution in [-0.4, -0.2) is 22.0 Å². The fraction of sp³-hybridized carbons (Fsp3) is 1.00. The van der Waals surface area contributed by atoms with E-state index in [-0.39, 0.29) is 5.00 Å². The van der Waals surface area contributed by atoms with Crippen molar-refractivity contribution in [2.75, 3.05) is 0 Å². The molecule has 1 rings (SSSR count). The maximum Gasteiger partial charge on any atom is 0.0965 e. The summed E-state index contributed by atoms with van der Waals surface area (Å²) in [5, 5.41) is 0. The average Bonchev–Trinajstić information content (AvgIpc) is 2.40. The van der Waals surface area contributed by atoms with Gasteiger partial charge in [0.05, 0.1) is 5.00 Å². The largest absolute Gasteiger partial charge is 0.280 e. The second kappa shape index (κ2) is 4.85. The van der Waals surface area contributed by atoms with Gasteiger partial charge in [0.2, 0.25) is 0 Å². The zero-order chi connectivity index (χ0) is 10.8. The predicted molar refractivity (Wildman–Crippen MR) is 63.8 cm³/mol. The molecule has 1 aliphatic rings. The molecule has 1 saturated heterocycles. The van der Waals surface area contributed by atoms with E-state index in [0.717, 1.165) is 12.8 Å². The molecule has 0 amide bonds. The van der Waals surface area contributed by atoms with Gasteiger partial charge < -0.3 is 0 Å². The SMILES string of the molecule is CCCCC1(Cl)CCC(C)N1C(C)C. The Labute approximate surface area is 93.8 Å². The number of alkyl halides is 1. The molecule has 0 aromatic carbocycles. The van der Waals surface area contributed by atoms with Crippen LogP contribution in [0.25, 0.3) is 0 Å². The third-order valence-electron chi connectivity index (χ3n) is 3.35. The van der Waals surface area contributed by atoms with Crippen molar-refractivity contribution < 1.29 is 0 Å². The molecule has 1 heterocycles. The highest BCUT2D eigenvalue weighted by Crippen LogP contribution is 2.42. The lowest BCUT2D eigenvalue weighted by molar-refractivity contribution is 0.121.